The number of carbonyl (C=O) groups is 1. The minimum Gasteiger partial charge on any atom is -0.456 e. The van der Waals surface area contributed by atoms with Gasteiger partial charge in [-0.05, 0) is 18.1 Å². The molecule has 5 heteroatoms. The molecule has 1 aromatic carbocycles. The molecule has 104 valence electrons. The summed E-state index contributed by atoms with van der Waals surface area (Å²) in [4.78, 5) is 15.9. The Morgan fingerprint density at radius 2 is 2.15 bits per heavy atom. The lowest BCUT2D eigenvalue weighted by molar-refractivity contribution is 0.0534. The van der Waals surface area contributed by atoms with E-state index < -0.39 is 5.97 Å². The predicted molar refractivity (Wildman–Crippen MR) is 81.0 cm³/mol. The van der Waals surface area contributed by atoms with Crippen molar-refractivity contribution in [2.45, 2.75) is 13.5 Å². The van der Waals surface area contributed by atoms with E-state index in [0.29, 0.717) is 17.4 Å². The van der Waals surface area contributed by atoms with Gasteiger partial charge in [0, 0.05) is 11.9 Å². The topological polar surface area (TPSA) is 51.2 Å². The van der Waals surface area contributed by atoms with Gasteiger partial charge in [0.15, 0.2) is 10.8 Å². The van der Waals surface area contributed by atoms with Crippen LogP contribution < -0.4 is 5.32 Å². The van der Waals surface area contributed by atoms with E-state index in [1.54, 1.807) is 12.3 Å². The van der Waals surface area contributed by atoms with Gasteiger partial charge in [0.2, 0.25) is 0 Å². The SMILES string of the molecule is C=C(C)COC(=O)c1csc(NCc2ccccc2)n1. The molecule has 0 unspecified atom stereocenters. The first-order chi connectivity index (χ1) is 9.65. The second kappa shape index (κ2) is 6.86. The molecule has 0 amide bonds. The molecule has 0 fully saturated rings. The van der Waals surface area contributed by atoms with Crippen molar-refractivity contribution >= 4 is 22.4 Å². The van der Waals surface area contributed by atoms with E-state index in [1.165, 1.54) is 11.3 Å². The molecule has 20 heavy (non-hydrogen) atoms. The first kappa shape index (κ1) is 14.3. The number of aromatic nitrogens is 1. The number of ether oxygens (including phenoxy) is 1. The number of rotatable bonds is 6. The van der Waals surface area contributed by atoms with Crippen LogP contribution in [0.15, 0.2) is 47.9 Å². The maximum Gasteiger partial charge on any atom is 0.358 e. The van der Waals surface area contributed by atoms with Crippen LogP contribution in [0.25, 0.3) is 0 Å². The molecule has 0 bridgehead atoms. The van der Waals surface area contributed by atoms with Crippen molar-refractivity contribution in [3.05, 3.63) is 59.1 Å². The Labute approximate surface area is 122 Å². The zero-order valence-electron chi connectivity index (χ0n) is 11.3. The third-order valence-electron chi connectivity index (χ3n) is 2.45. The highest BCUT2D eigenvalue weighted by Gasteiger charge is 2.11. The van der Waals surface area contributed by atoms with Crippen LogP contribution in [0.5, 0.6) is 0 Å². The zero-order chi connectivity index (χ0) is 14.4. The van der Waals surface area contributed by atoms with Crippen molar-refractivity contribution in [1.29, 1.82) is 0 Å². The van der Waals surface area contributed by atoms with Crippen molar-refractivity contribution < 1.29 is 9.53 Å². The predicted octanol–water partition coefficient (Wildman–Crippen LogP) is 3.49. The lowest BCUT2D eigenvalue weighted by Gasteiger charge is -2.02. The van der Waals surface area contributed by atoms with Gasteiger partial charge in [-0.15, -0.1) is 11.3 Å². The van der Waals surface area contributed by atoms with Crippen molar-refractivity contribution in [3.63, 3.8) is 0 Å². The molecule has 0 saturated carbocycles. The molecule has 4 nitrogen and oxygen atoms in total. The number of hydrogen-bond acceptors (Lipinski definition) is 5. The van der Waals surface area contributed by atoms with Crippen molar-refractivity contribution in [3.8, 4) is 0 Å². The Bertz CT molecular complexity index is 593. The summed E-state index contributed by atoms with van der Waals surface area (Å²) in [5, 5.41) is 5.58. The Hall–Kier alpha value is -2.14. The van der Waals surface area contributed by atoms with Crippen molar-refractivity contribution in [2.24, 2.45) is 0 Å². The van der Waals surface area contributed by atoms with Gasteiger partial charge in [0.1, 0.15) is 6.61 Å². The molecule has 0 aliphatic heterocycles. The smallest absolute Gasteiger partial charge is 0.358 e. The van der Waals surface area contributed by atoms with Crippen LogP contribution in [0.3, 0.4) is 0 Å². The number of nitrogens with one attached hydrogen (secondary N) is 1. The molecule has 0 atom stereocenters. The maximum atomic E-state index is 11.7. The molecule has 2 aromatic rings. The molecule has 1 heterocycles. The average molecular weight is 288 g/mol. The van der Waals surface area contributed by atoms with Gasteiger partial charge in [-0.25, -0.2) is 9.78 Å². The summed E-state index contributed by atoms with van der Waals surface area (Å²) in [7, 11) is 0. The number of thiazole rings is 1. The van der Waals surface area contributed by atoms with E-state index in [0.717, 1.165) is 11.1 Å². The van der Waals surface area contributed by atoms with Gasteiger partial charge in [-0.3, -0.25) is 0 Å². The number of benzene rings is 1. The first-order valence-electron chi connectivity index (χ1n) is 6.20. The standard InChI is InChI=1S/C15H16N2O2S/c1-11(2)9-19-14(18)13-10-20-15(17-13)16-8-12-6-4-3-5-7-12/h3-7,10H,1,8-9H2,2H3,(H,16,17). The Balaban J connectivity index is 1.89. The Morgan fingerprint density at radius 1 is 1.40 bits per heavy atom. The van der Waals surface area contributed by atoms with Gasteiger partial charge >= 0.3 is 5.97 Å². The van der Waals surface area contributed by atoms with Crippen LogP contribution in [0.4, 0.5) is 5.13 Å². The lowest BCUT2D eigenvalue weighted by Crippen LogP contribution is -2.07. The molecular formula is C15H16N2O2S. The van der Waals surface area contributed by atoms with Crippen LogP contribution in [0.2, 0.25) is 0 Å². The fraction of sp³-hybridized carbons (Fsp3) is 0.200. The number of hydrogen-bond donors (Lipinski definition) is 1. The van der Waals surface area contributed by atoms with Gasteiger partial charge < -0.3 is 10.1 Å². The van der Waals surface area contributed by atoms with Crippen molar-refractivity contribution in [2.75, 3.05) is 11.9 Å². The molecule has 0 saturated heterocycles. The fourth-order valence-electron chi connectivity index (χ4n) is 1.48. The van der Waals surface area contributed by atoms with Gasteiger partial charge in [-0.1, -0.05) is 36.9 Å². The number of carbonyl (C=O) groups excluding carboxylic acids is 1. The summed E-state index contributed by atoms with van der Waals surface area (Å²) >= 11 is 1.39. The zero-order valence-corrected chi connectivity index (χ0v) is 12.1. The normalized spacial score (nSPS) is 10.1. The molecule has 2 rings (SSSR count). The highest BCUT2D eigenvalue weighted by atomic mass is 32.1. The summed E-state index contributed by atoms with van der Waals surface area (Å²) in [6.45, 7) is 6.39. The Morgan fingerprint density at radius 3 is 2.85 bits per heavy atom. The van der Waals surface area contributed by atoms with E-state index in [4.69, 9.17) is 4.74 Å². The third-order valence-corrected chi connectivity index (χ3v) is 3.25. The van der Waals surface area contributed by atoms with Crippen LogP contribution in [-0.4, -0.2) is 17.6 Å². The van der Waals surface area contributed by atoms with Crippen LogP contribution >= 0.6 is 11.3 Å². The number of anilines is 1. The van der Waals surface area contributed by atoms with Gasteiger partial charge in [-0.2, -0.15) is 0 Å². The first-order valence-corrected chi connectivity index (χ1v) is 7.08. The van der Waals surface area contributed by atoms with E-state index >= 15 is 0 Å². The average Bonchev–Trinajstić information content (AvgIpc) is 2.92. The second-order valence-corrected chi connectivity index (χ2v) is 5.27. The molecule has 0 aliphatic carbocycles. The van der Waals surface area contributed by atoms with E-state index in [2.05, 4.69) is 16.9 Å². The quantitative estimate of drug-likeness (QED) is 0.653. The lowest BCUT2D eigenvalue weighted by atomic mass is 10.2. The third kappa shape index (κ3) is 4.20. The molecule has 1 N–H and O–H groups in total. The summed E-state index contributed by atoms with van der Waals surface area (Å²) in [6.07, 6.45) is 0. The maximum absolute atomic E-state index is 11.7. The summed E-state index contributed by atoms with van der Waals surface area (Å²) in [5.74, 6) is -0.419. The summed E-state index contributed by atoms with van der Waals surface area (Å²) < 4.78 is 5.04. The molecule has 0 aliphatic rings. The fourth-order valence-corrected chi connectivity index (χ4v) is 2.16. The summed E-state index contributed by atoms with van der Waals surface area (Å²) in [6, 6.07) is 10.0. The van der Waals surface area contributed by atoms with E-state index in [9.17, 15) is 4.79 Å². The van der Waals surface area contributed by atoms with Crippen LogP contribution in [0, 0.1) is 0 Å². The number of esters is 1. The van der Waals surface area contributed by atoms with Crippen LogP contribution in [-0.2, 0) is 11.3 Å². The largest absolute Gasteiger partial charge is 0.456 e. The van der Waals surface area contributed by atoms with Crippen molar-refractivity contribution in [1.82, 2.24) is 4.98 Å². The van der Waals surface area contributed by atoms with Gasteiger partial charge in [0.25, 0.3) is 0 Å². The highest BCUT2D eigenvalue weighted by molar-refractivity contribution is 7.13. The second-order valence-electron chi connectivity index (χ2n) is 4.41. The minimum absolute atomic E-state index is 0.225. The summed E-state index contributed by atoms with van der Waals surface area (Å²) in [5.41, 5.74) is 2.29. The highest BCUT2D eigenvalue weighted by Crippen LogP contribution is 2.17. The molecule has 1 aromatic heterocycles. The van der Waals surface area contributed by atoms with Gasteiger partial charge in [0.05, 0.1) is 0 Å². The van der Waals surface area contributed by atoms with E-state index in [-0.39, 0.29) is 6.61 Å². The number of nitrogens with zero attached hydrogens (tertiary/aromatic N) is 1. The minimum atomic E-state index is -0.419. The Kier molecular flexibility index (Phi) is 4.90. The van der Waals surface area contributed by atoms with E-state index in [1.807, 2.05) is 30.3 Å². The monoisotopic (exact) mass is 288 g/mol. The van der Waals surface area contributed by atoms with Crippen LogP contribution in [0.1, 0.15) is 23.0 Å². The molecule has 0 spiro atoms. The molecule has 0 radical (unpaired) electrons. The molecular weight excluding hydrogens is 272 g/mol.